The molecule has 7 nitrogen and oxygen atoms in total. The van der Waals surface area contributed by atoms with Gasteiger partial charge in [-0.3, -0.25) is 19.7 Å². The summed E-state index contributed by atoms with van der Waals surface area (Å²) in [5.41, 5.74) is 6.47. The van der Waals surface area contributed by atoms with E-state index in [0.717, 1.165) is 0 Å². The molecular formula is C13H17N3O4. The van der Waals surface area contributed by atoms with Crippen LogP contribution in [0.5, 0.6) is 0 Å². The van der Waals surface area contributed by atoms with Crippen molar-refractivity contribution in [2.75, 3.05) is 7.11 Å². The minimum Gasteiger partial charge on any atom is -0.398 e. The van der Waals surface area contributed by atoms with E-state index in [9.17, 15) is 14.4 Å². The van der Waals surface area contributed by atoms with Crippen molar-refractivity contribution in [3.05, 3.63) is 23.4 Å². The van der Waals surface area contributed by atoms with Crippen LogP contribution in [0.1, 0.15) is 19.3 Å². The number of imide groups is 1. The fraction of sp³-hybridized carbons (Fsp3) is 0.462. The first-order valence-electron chi connectivity index (χ1n) is 6.36. The van der Waals surface area contributed by atoms with Gasteiger partial charge in [-0.15, -0.1) is 0 Å². The van der Waals surface area contributed by atoms with Gasteiger partial charge in [0.2, 0.25) is 11.8 Å². The molecule has 0 bridgehead atoms. The largest absolute Gasteiger partial charge is 0.398 e. The van der Waals surface area contributed by atoms with E-state index in [1.54, 1.807) is 19.3 Å². The highest BCUT2D eigenvalue weighted by molar-refractivity contribution is 6.04. The van der Waals surface area contributed by atoms with Gasteiger partial charge in [0, 0.05) is 19.2 Å². The molecule has 2 aliphatic rings. The van der Waals surface area contributed by atoms with Crippen molar-refractivity contribution in [1.29, 1.82) is 0 Å². The van der Waals surface area contributed by atoms with Crippen LogP contribution in [0.4, 0.5) is 0 Å². The number of carbonyl (C=O) groups excluding carboxylic acids is 3. The lowest BCUT2D eigenvalue weighted by Gasteiger charge is -2.24. The maximum Gasteiger partial charge on any atom is 0.253 e. The van der Waals surface area contributed by atoms with Gasteiger partial charge in [0.05, 0.1) is 11.7 Å². The van der Waals surface area contributed by atoms with E-state index in [2.05, 4.69) is 10.6 Å². The van der Waals surface area contributed by atoms with Crippen molar-refractivity contribution >= 4 is 17.7 Å². The second-order valence-corrected chi connectivity index (χ2v) is 4.73. The van der Waals surface area contributed by atoms with Crippen LogP contribution in [-0.2, 0) is 19.1 Å². The summed E-state index contributed by atoms with van der Waals surface area (Å²) in [7, 11) is 1.57. The fourth-order valence-electron chi connectivity index (χ4n) is 2.17. The van der Waals surface area contributed by atoms with Gasteiger partial charge in [-0.25, -0.2) is 0 Å². The van der Waals surface area contributed by atoms with Gasteiger partial charge in [0.15, 0.2) is 0 Å². The minimum absolute atomic E-state index is 0.137. The molecule has 0 spiro atoms. The molecule has 1 fully saturated rings. The van der Waals surface area contributed by atoms with Crippen molar-refractivity contribution in [2.24, 2.45) is 5.73 Å². The number of piperidine rings is 1. The Morgan fingerprint density at radius 1 is 1.50 bits per heavy atom. The molecule has 108 valence electrons. The van der Waals surface area contributed by atoms with Crippen LogP contribution in [0.15, 0.2) is 23.4 Å². The molecule has 0 aromatic rings. The molecule has 2 atom stereocenters. The third-order valence-electron chi connectivity index (χ3n) is 3.32. The fourth-order valence-corrected chi connectivity index (χ4v) is 2.17. The number of nitrogens with two attached hydrogens (primary N) is 1. The van der Waals surface area contributed by atoms with Crippen LogP contribution < -0.4 is 16.4 Å². The zero-order chi connectivity index (χ0) is 14.7. The van der Waals surface area contributed by atoms with E-state index in [4.69, 9.17) is 10.5 Å². The summed E-state index contributed by atoms with van der Waals surface area (Å²) in [5, 5.41) is 4.78. The van der Waals surface area contributed by atoms with E-state index in [1.165, 1.54) is 0 Å². The van der Waals surface area contributed by atoms with Crippen molar-refractivity contribution in [3.63, 3.8) is 0 Å². The summed E-state index contributed by atoms with van der Waals surface area (Å²) < 4.78 is 5.13. The number of methoxy groups -OCH3 is 1. The Hall–Kier alpha value is -2.15. The van der Waals surface area contributed by atoms with Gasteiger partial charge in [-0.05, 0) is 18.9 Å². The highest BCUT2D eigenvalue weighted by Gasteiger charge is 2.29. The van der Waals surface area contributed by atoms with Crippen molar-refractivity contribution < 1.29 is 19.1 Å². The molecule has 0 aromatic carbocycles. The average molecular weight is 279 g/mol. The standard InChI is InChI=1S/C13H17N3O4/c1-20-7-2-3-8(9(14)6-7)12(18)15-10-4-5-11(17)16-13(10)19/h3,6-7,10H,2,4-5,14H2,1H3,(H,15,18)(H,16,17,19). The highest BCUT2D eigenvalue weighted by Crippen LogP contribution is 2.17. The highest BCUT2D eigenvalue weighted by atomic mass is 16.5. The first-order chi connectivity index (χ1) is 9.51. The number of ether oxygens (including phenoxy) is 1. The third-order valence-corrected chi connectivity index (χ3v) is 3.32. The summed E-state index contributed by atoms with van der Waals surface area (Å²) in [6, 6.07) is -0.700. The normalized spacial score (nSPS) is 26.4. The lowest BCUT2D eigenvalue weighted by molar-refractivity contribution is -0.136. The van der Waals surface area contributed by atoms with Gasteiger partial charge in [-0.2, -0.15) is 0 Å². The van der Waals surface area contributed by atoms with Crippen molar-refractivity contribution in [3.8, 4) is 0 Å². The lowest BCUT2D eigenvalue weighted by Crippen LogP contribution is -2.52. The smallest absolute Gasteiger partial charge is 0.253 e. The zero-order valence-electron chi connectivity index (χ0n) is 11.1. The van der Waals surface area contributed by atoms with Crippen molar-refractivity contribution in [2.45, 2.75) is 31.4 Å². The van der Waals surface area contributed by atoms with E-state index in [0.29, 0.717) is 24.1 Å². The Labute approximate surface area is 116 Å². The Balaban J connectivity index is 1.99. The van der Waals surface area contributed by atoms with Crippen LogP contribution in [0.25, 0.3) is 0 Å². The molecule has 1 heterocycles. The van der Waals surface area contributed by atoms with Gasteiger partial charge < -0.3 is 15.8 Å². The Bertz CT molecular complexity index is 510. The molecule has 0 saturated carbocycles. The molecular weight excluding hydrogens is 262 g/mol. The topological polar surface area (TPSA) is 111 Å². The predicted octanol–water partition coefficient (Wildman–Crippen LogP) is -0.904. The van der Waals surface area contributed by atoms with Crippen molar-refractivity contribution in [1.82, 2.24) is 10.6 Å². The zero-order valence-corrected chi connectivity index (χ0v) is 11.1. The van der Waals surface area contributed by atoms with Gasteiger partial charge in [0.25, 0.3) is 5.91 Å². The molecule has 2 unspecified atom stereocenters. The first kappa shape index (κ1) is 14.3. The quantitative estimate of drug-likeness (QED) is 0.580. The summed E-state index contributed by atoms with van der Waals surface area (Å²) in [5.74, 6) is -1.22. The molecule has 20 heavy (non-hydrogen) atoms. The average Bonchev–Trinajstić information content (AvgIpc) is 2.41. The Kier molecular flexibility index (Phi) is 4.19. The summed E-state index contributed by atoms with van der Waals surface area (Å²) >= 11 is 0. The van der Waals surface area contributed by atoms with Gasteiger partial charge in [-0.1, -0.05) is 6.08 Å². The molecule has 7 heteroatoms. The number of carbonyl (C=O) groups is 3. The molecule has 0 aromatic heterocycles. The third kappa shape index (κ3) is 3.05. The lowest BCUT2D eigenvalue weighted by atomic mass is 9.99. The maximum absolute atomic E-state index is 12.1. The van der Waals surface area contributed by atoms with Crippen LogP contribution in [0, 0.1) is 0 Å². The molecule has 2 rings (SSSR count). The monoisotopic (exact) mass is 279 g/mol. The molecule has 3 amide bonds. The SMILES string of the molecule is COC1C=C(N)C(C(=O)NC2CCC(=O)NC2=O)=CC1. The second-order valence-electron chi connectivity index (χ2n) is 4.73. The summed E-state index contributed by atoms with van der Waals surface area (Å²) in [4.78, 5) is 34.7. The van der Waals surface area contributed by atoms with E-state index in [1.807, 2.05) is 0 Å². The Morgan fingerprint density at radius 2 is 2.25 bits per heavy atom. The molecule has 4 N–H and O–H groups in total. The van der Waals surface area contributed by atoms with Gasteiger partial charge in [0.1, 0.15) is 6.04 Å². The van der Waals surface area contributed by atoms with Crippen LogP contribution in [-0.4, -0.2) is 37.0 Å². The predicted molar refractivity (Wildman–Crippen MR) is 70.1 cm³/mol. The van der Waals surface area contributed by atoms with E-state index in [-0.39, 0.29) is 18.4 Å². The first-order valence-corrected chi connectivity index (χ1v) is 6.36. The number of rotatable bonds is 3. The van der Waals surface area contributed by atoms with Crippen LogP contribution in [0.3, 0.4) is 0 Å². The van der Waals surface area contributed by atoms with Crippen LogP contribution in [0.2, 0.25) is 0 Å². The maximum atomic E-state index is 12.1. The molecule has 1 saturated heterocycles. The number of hydrogen-bond donors (Lipinski definition) is 3. The van der Waals surface area contributed by atoms with Gasteiger partial charge >= 0.3 is 0 Å². The number of hydrogen-bond acceptors (Lipinski definition) is 5. The number of nitrogens with one attached hydrogen (secondary N) is 2. The number of amides is 3. The minimum atomic E-state index is -0.700. The Morgan fingerprint density at radius 3 is 2.85 bits per heavy atom. The molecule has 1 aliphatic heterocycles. The van der Waals surface area contributed by atoms with E-state index < -0.39 is 17.9 Å². The molecule has 0 radical (unpaired) electrons. The summed E-state index contributed by atoms with van der Waals surface area (Å²) in [6.45, 7) is 0. The summed E-state index contributed by atoms with van der Waals surface area (Å²) in [6.07, 6.45) is 4.28. The second kappa shape index (κ2) is 5.87. The van der Waals surface area contributed by atoms with Crippen LogP contribution >= 0.6 is 0 Å². The van der Waals surface area contributed by atoms with E-state index >= 15 is 0 Å². The molecule has 1 aliphatic carbocycles.